The van der Waals surface area contributed by atoms with Gasteiger partial charge in [-0.25, -0.2) is 4.68 Å². The summed E-state index contributed by atoms with van der Waals surface area (Å²) in [6.45, 7) is 0. The van der Waals surface area contributed by atoms with Crippen LogP contribution in [0.5, 0.6) is 0 Å². The van der Waals surface area contributed by atoms with E-state index in [2.05, 4.69) is 21.0 Å². The van der Waals surface area contributed by atoms with E-state index in [9.17, 15) is 10.1 Å². The molecule has 0 saturated heterocycles. The minimum atomic E-state index is -0.236. The molecule has 96 valence electrons. The van der Waals surface area contributed by atoms with E-state index in [1.165, 1.54) is 15.8 Å². The minimum absolute atomic E-state index is 0.236. The zero-order valence-corrected chi connectivity index (χ0v) is 12.0. The summed E-state index contributed by atoms with van der Waals surface area (Å²) >= 11 is 3.35. The van der Waals surface area contributed by atoms with Crippen LogP contribution >= 0.6 is 15.9 Å². The summed E-state index contributed by atoms with van der Waals surface area (Å²) in [6.07, 6.45) is 1.42. The van der Waals surface area contributed by atoms with Gasteiger partial charge in [0, 0.05) is 18.6 Å². The highest BCUT2D eigenvalue weighted by Crippen LogP contribution is 2.18. The Hall–Kier alpha value is -2.13. The lowest BCUT2D eigenvalue weighted by Gasteiger charge is -2.09. The molecule has 1 amide bonds. The number of halogens is 1. The molecule has 0 aliphatic heterocycles. The second-order valence-electron chi connectivity index (χ2n) is 4.11. The van der Waals surface area contributed by atoms with Gasteiger partial charge in [-0.05, 0) is 24.3 Å². The topological polar surface area (TPSA) is 61.9 Å². The van der Waals surface area contributed by atoms with E-state index in [1.54, 1.807) is 14.1 Å². The Morgan fingerprint density at radius 2 is 2.00 bits per heavy atom. The first kappa shape index (κ1) is 13.3. The molecular weight excluding hydrogens is 308 g/mol. The van der Waals surface area contributed by atoms with Crippen molar-refractivity contribution in [3.63, 3.8) is 0 Å². The van der Waals surface area contributed by atoms with Crippen molar-refractivity contribution in [2.24, 2.45) is 0 Å². The van der Waals surface area contributed by atoms with Gasteiger partial charge in [-0.1, -0.05) is 15.9 Å². The fourth-order valence-corrected chi connectivity index (χ4v) is 1.90. The monoisotopic (exact) mass is 318 g/mol. The fourth-order valence-electron chi connectivity index (χ4n) is 1.63. The van der Waals surface area contributed by atoms with E-state index in [1.807, 2.05) is 30.3 Å². The third-order valence-electron chi connectivity index (χ3n) is 2.58. The van der Waals surface area contributed by atoms with Gasteiger partial charge in [-0.3, -0.25) is 4.79 Å². The first-order valence-electron chi connectivity index (χ1n) is 5.50. The van der Waals surface area contributed by atoms with Crippen LogP contribution < -0.4 is 0 Å². The average molecular weight is 319 g/mol. The second kappa shape index (κ2) is 5.24. The van der Waals surface area contributed by atoms with Crippen molar-refractivity contribution in [2.45, 2.75) is 0 Å². The van der Waals surface area contributed by atoms with Crippen LogP contribution in [0.1, 0.15) is 16.1 Å². The quantitative estimate of drug-likeness (QED) is 0.852. The molecule has 0 aliphatic carbocycles. The van der Waals surface area contributed by atoms with E-state index in [-0.39, 0.29) is 11.6 Å². The van der Waals surface area contributed by atoms with Crippen molar-refractivity contribution in [2.75, 3.05) is 14.1 Å². The van der Waals surface area contributed by atoms with Gasteiger partial charge in [0.2, 0.25) is 0 Å². The first-order valence-corrected chi connectivity index (χ1v) is 6.29. The maximum Gasteiger partial charge on any atom is 0.257 e. The lowest BCUT2D eigenvalue weighted by Crippen LogP contribution is -2.22. The number of rotatable bonds is 2. The Labute approximate surface area is 119 Å². The maximum absolute atomic E-state index is 11.9. The van der Waals surface area contributed by atoms with Crippen LogP contribution in [0.15, 0.2) is 34.9 Å². The second-order valence-corrected chi connectivity index (χ2v) is 5.02. The molecule has 0 fully saturated rings. The molecule has 1 heterocycles. The summed E-state index contributed by atoms with van der Waals surface area (Å²) in [5, 5.41) is 13.4. The predicted molar refractivity (Wildman–Crippen MR) is 74.0 cm³/mol. The van der Waals surface area contributed by atoms with E-state index in [4.69, 9.17) is 0 Å². The van der Waals surface area contributed by atoms with Crippen molar-refractivity contribution >= 4 is 21.8 Å². The largest absolute Gasteiger partial charge is 0.345 e. The molecule has 0 aliphatic rings. The standard InChI is InChI=1S/C13H11BrN4O/c1-17(2)13(19)11-8-16-18(12(11)7-15)10-5-3-9(14)4-6-10/h3-6,8H,1-2H3. The number of nitriles is 1. The first-order chi connectivity index (χ1) is 9.04. The smallest absolute Gasteiger partial charge is 0.257 e. The summed E-state index contributed by atoms with van der Waals surface area (Å²) in [4.78, 5) is 13.4. The molecule has 0 N–H and O–H groups in total. The zero-order valence-electron chi connectivity index (χ0n) is 10.5. The normalized spacial score (nSPS) is 10.0. The molecule has 0 radical (unpaired) electrons. The van der Waals surface area contributed by atoms with Gasteiger partial charge in [0.05, 0.1) is 17.4 Å². The molecule has 1 aromatic heterocycles. The van der Waals surface area contributed by atoms with Crippen LogP contribution in [0.2, 0.25) is 0 Å². The van der Waals surface area contributed by atoms with Crippen molar-refractivity contribution in [1.82, 2.24) is 14.7 Å². The van der Waals surface area contributed by atoms with Gasteiger partial charge in [0.25, 0.3) is 5.91 Å². The van der Waals surface area contributed by atoms with Crippen molar-refractivity contribution < 1.29 is 4.79 Å². The molecule has 19 heavy (non-hydrogen) atoms. The van der Waals surface area contributed by atoms with Crippen LogP contribution in [-0.2, 0) is 0 Å². The Morgan fingerprint density at radius 1 is 1.37 bits per heavy atom. The van der Waals surface area contributed by atoms with Crippen LogP contribution in [0.3, 0.4) is 0 Å². The molecule has 2 aromatic rings. The van der Waals surface area contributed by atoms with Crippen molar-refractivity contribution in [3.8, 4) is 11.8 Å². The number of carbonyl (C=O) groups excluding carboxylic acids is 1. The van der Waals surface area contributed by atoms with Gasteiger partial charge in [-0.15, -0.1) is 0 Å². The number of nitrogens with zero attached hydrogens (tertiary/aromatic N) is 4. The van der Waals surface area contributed by atoms with Crippen molar-refractivity contribution in [1.29, 1.82) is 5.26 Å². The van der Waals surface area contributed by atoms with Gasteiger partial charge < -0.3 is 4.90 Å². The lowest BCUT2D eigenvalue weighted by atomic mass is 10.2. The van der Waals surface area contributed by atoms with E-state index in [0.29, 0.717) is 5.56 Å². The zero-order chi connectivity index (χ0) is 14.0. The number of hydrogen-bond acceptors (Lipinski definition) is 3. The molecule has 1 aromatic carbocycles. The van der Waals surface area contributed by atoms with Crippen LogP contribution in [-0.4, -0.2) is 34.7 Å². The fraction of sp³-hybridized carbons (Fsp3) is 0.154. The maximum atomic E-state index is 11.9. The summed E-state index contributed by atoms with van der Waals surface area (Å²) in [5.41, 5.74) is 1.27. The molecule has 0 spiro atoms. The highest BCUT2D eigenvalue weighted by atomic mass is 79.9. The summed E-state index contributed by atoms with van der Waals surface area (Å²) in [6, 6.07) is 9.38. The average Bonchev–Trinajstić information content (AvgIpc) is 2.82. The number of carbonyl (C=O) groups is 1. The minimum Gasteiger partial charge on any atom is -0.345 e. The molecule has 0 atom stereocenters. The highest BCUT2D eigenvalue weighted by Gasteiger charge is 2.19. The summed E-state index contributed by atoms with van der Waals surface area (Å²) in [5.74, 6) is -0.236. The van der Waals surface area contributed by atoms with Crippen LogP contribution in [0.25, 0.3) is 5.69 Å². The van der Waals surface area contributed by atoms with Crippen LogP contribution in [0, 0.1) is 11.3 Å². The Balaban J connectivity index is 2.52. The van der Waals surface area contributed by atoms with Crippen LogP contribution in [0.4, 0.5) is 0 Å². The summed E-state index contributed by atoms with van der Waals surface area (Å²) < 4.78 is 2.40. The molecule has 2 rings (SSSR count). The van der Waals surface area contributed by atoms with Gasteiger partial charge in [0.1, 0.15) is 6.07 Å². The molecule has 0 unspecified atom stereocenters. The molecule has 6 heteroatoms. The molecule has 0 saturated carbocycles. The number of hydrogen-bond donors (Lipinski definition) is 0. The molecule has 0 bridgehead atoms. The lowest BCUT2D eigenvalue weighted by molar-refractivity contribution is 0.0827. The highest BCUT2D eigenvalue weighted by molar-refractivity contribution is 9.10. The van der Waals surface area contributed by atoms with Gasteiger partial charge in [-0.2, -0.15) is 10.4 Å². The summed E-state index contributed by atoms with van der Waals surface area (Å²) in [7, 11) is 3.28. The van der Waals surface area contributed by atoms with Gasteiger partial charge >= 0.3 is 0 Å². The van der Waals surface area contributed by atoms with E-state index >= 15 is 0 Å². The Kier molecular flexibility index (Phi) is 3.67. The molecular formula is C13H11BrN4O. The Bertz CT molecular complexity index is 652. The number of aromatic nitrogens is 2. The molecule has 5 nitrogen and oxygen atoms in total. The van der Waals surface area contributed by atoms with Crippen molar-refractivity contribution in [3.05, 3.63) is 46.2 Å². The SMILES string of the molecule is CN(C)C(=O)c1cnn(-c2ccc(Br)cc2)c1C#N. The predicted octanol–water partition coefficient (Wildman–Crippen LogP) is 2.21. The van der Waals surface area contributed by atoms with E-state index < -0.39 is 0 Å². The van der Waals surface area contributed by atoms with Gasteiger partial charge in [0.15, 0.2) is 5.69 Å². The number of benzene rings is 1. The number of amides is 1. The Morgan fingerprint density at radius 3 is 2.53 bits per heavy atom. The third-order valence-corrected chi connectivity index (χ3v) is 3.11. The van der Waals surface area contributed by atoms with E-state index in [0.717, 1.165) is 10.2 Å². The third kappa shape index (κ3) is 2.51.